The van der Waals surface area contributed by atoms with Crippen molar-refractivity contribution in [3.63, 3.8) is 0 Å². The zero-order chi connectivity index (χ0) is 10.5. The van der Waals surface area contributed by atoms with E-state index in [1.54, 1.807) is 6.20 Å². The number of alkyl halides is 1. The Bertz CT molecular complexity index is 291. The van der Waals surface area contributed by atoms with Crippen molar-refractivity contribution in [1.29, 1.82) is 0 Å². The molecular weight excluding hydrogens is 210 g/mol. The summed E-state index contributed by atoms with van der Waals surface area (Å²) in [6, 6.07) is 3.83. The highest BCUT2D eigenvalue weighted by atomic mass is 35.5. The van der Waals surface area contributed by atoms with Crippen molar-refractivity contribution < 1.29 is 0 Å². The molecule has 2 atom stereocenters. The molecular formula is C11H16ClN3. The van der Waals surface area contributed by atoms with Crippen molar-refractivity contribution in [2.75, 3.05) is 11.9 Å². The normalized spacial score (nSPS) is 26.2. The first kappa shape index (κ1) is 10.7. The summed E-state index contributed by atoms with van der Waals surface area (Å²) in [5, 5.41) is 11.5. The minimum absolute atomic E-state index is 0.368. The number of nitrogens with zero attached hydrogens (tertiary/aromatic N) is 2. The Morgan fingerprint density at radius 2 is 2.40 bits per heavy atom. The minimum Gasteiger partial charge on any atom is -0.368 e. The second kappa shape index (κ2) is 5.31. The molecule has 0 saturated heterocycles. The van der Waals surface area contributed by atoms with Gasteiger partial charge in [0.05, 0.1) is 0 Å². The van der Waals surface area contributed by atoms with Gasteiger partial charge in [-0.05, 0) is 37.3 Å². The summed E-state index contributed by atoms with van der Waals surface area (Å²) in [5.74, 6) is 1.54. The van der Waals surface area contributed by atoms with Crippen LogP contribution in [-0.2, 0) is 0 Å². The third kappa shape index (κ3) is 3.34. The van der Waals surface area contributed by atoms with Crippen molar-refractivity contribution in [2.45, 2.75) is 31.1 Å². The maximum atomic E-state index is 6.14. The average Bonchev–Trinajstić information content (AvgIpc) is 2.28. The predicted octanol–water partition coefficient (Wildman–Crippen LogP) is 2.69. The summed E-state index contributed by atoms with van der Waals surface area (Å²) in [6.07, 6.45) is 6.50. The van der Waals surface area contributed by atoms with E-state index < -0.39 is 0 Å². The third-order valence-corrected chi connectivity index (χ3v) is 3.26. The maximum absolute atomic E-state index is 6.14. The van der Waals surface area contributed by atoms with Crippen LogP contribution in [0, 0.1) is 5.92 Å². The zero-order valence-corrected chi connectivity index (χ0v) is 9.45. The number of aromatic nitrogens is 2. The molecule has 1 heterocycles. The number of hydrogen-bond acceptors (Lipinski definition) is 3. The standard InChI is InChI=1S/C11H16ClN3/c12-10-4-1-3-9(7-10)8-13-11-5-2-6-14-15-11/h2,5-6,9-10H,1,3-4,7-8H2,(H,13,15). The Morgan fingerprint density at radius 3 is 3.13 bits per heavy atom. The molecule has 1 aromatic rings. The van der Waals surface area contributed by atoms with Crippen LogP contribution in [0.4, 0.5) is 5.82 Å². The maximum Gasteiger partial charge on any atom is 0.148 e. The Balaban J connectivity index is 1.78. The molecule has 1 saturated carbocycles. The molecule has 0 aliphatic heterocycles. The molecule has 1 aromatic heterocycles. The second-order valence-corrected chi connectivity index (χ2v) is 4.74. The van der Waals surface area contributed by atoms with Crippen LogP contribution in [0.5, 0.6) is 0 Å². The predicted molar refractivity (Wildman–Crippen MR) is 62.1 cm³/mol. The first-order valence-electron chi connectivity index (χ1n) is 5.50. The molecule has 0 aromatic carbocycles. The summed E-state index contributed by atoms with van der Waals surface area (Å²) in [5.41, 5.74) is 0. The molecule has 3 nitrogen and oxygen atoms in total. The summed E-state index contributed by atoms with van der Waals surface area (Å²) in [7, 11) is 0. The Hall–Kier alpha value is -0.830. The fourth-order valence-electron chi connectivity index (χ4n) is 2.06. The summed E-state index contributed by atoms with van der Waals surface area (Å²) < 4.78 is 0. The van der Waals surface area contributed by atoms with E-state index in [9.17, 15) is 0 Å². The smallest absolute Gasteiger partial charge is 0.148 e. The third-order valence-electron chi connectivity index (χ3n) is 2.86. The number of halogens is 1. The molecule has 0 bridgehead atoms. The van der Waals surface area contributed by atoms with Crippen LogP contribution in [-0.4, -0.2) is 22.1 Å². The van der Waals surface area contributed by atoms with Crippen LogP contribution in [0.2, 0.25) is 0 Å². The number of hydrogen-bond donors (Lipinski definition) is 1. The van der Waals surface area contributed by atoms with Gasteiger partial charge in [-0.2, -0.15) is 5.10 Å². The van der Waals surface area contributed by atoms with E-state index in [0.717, 1.165) is 18.8 Å². The van der Waals surface area contributed by atoms with Crippen molar-refractivity contribution >= 4 is 17.4 Å². The van der Waals surface area contributed by atoms with Gasteiger partial charge in [0.1, 0.15) is 5.82 Å². The highest BCUT2D eigenvalue weighted by Gasteiger charge is 2.19. The lowest BCUT2D eigenvalue weighted by Crippen LogP contribution is -2.22. The van der Waals surface area contributed by atoms with Gasteiger partial charge in [-0.15, -0.1) is 16.7 Å². The quantitative estimate of drug-likeness (QED) is 0.804. The Morgan fingerprint density at radius 1 is 1.47 bits per heavy atom. The molecule has 1 aliphatic rings. The van der Waals surface area contributed by atoms with Gasteiger partial charge < -0.3 is 5.32 Å². The van der Waals surface area contributed by atoms with Crippen LogP contribution >= 0.6 is 11.6 Å². The minimum atomic E-state index is 0.368. The lowest BCUT2D eigenvalue weighted by molar-refractivity contribution is 0.378. The summed E-state index contributed by atoms with van der Waals surface area (Å²) in [4.78, 5) is 0. The van der Waals surface area contributed by atoms with Crippen LogP contribution in [0.1, 0.15) is 25.7 Å². The highest BCUT2D eigenvalue weighted by Crippen LogP contribution is 2.27. The van der Waals surface area contributed by atoms with Crippen molar-refractivity contribution in [3.8, 4) is 0 Å². The lowest BCUT2D eigenvalue weighted by Gasteiger charge is -2.25. The van der Waals surface area contributed by atoms with Crippen molar-refractivity contribution in [1.82, 2.24) is 10.2 Å². The van der Waals surface area contributed by atoms with Gasteiger partial charge in [-0.3, -0.25) is 0 Å². The van der Waals surface area contributed by atoms with Crippen LogP contribution in [0.15, 0.2) is 18.3 Å². The number of nitrogens with one attached hydrogen (secondary N) is 1. The van der Waals surface area contributed by atoms with Gasteiger partial charge in [-0.1, -0.05) is 6.42 Å². The van der Waals surface area contributed by atoms with E-state index in [-0.39, 0.29) is 0 Å². The van der Waals surface area contributed by atoms with E-state index >= 15 is 0 Å². The van der Waals surface area contributed by atoms with E-state index in [1.165, 1.54) is 19.3 Å². The molecule has 1 fully saturated rings. The largest absolute Gasteiger partial charge is 0.368 e. The van der Waals surface area contributed by atoms with Crippen molar-refractivity contribution in [2.24, 2.45) is 5.92 Å². The zero-order valence-electron chi connectivity index (χ0n) is 8.69. The van der Waals surface area contributed by atoms with Gasteiger partial charge in [0.2, 0.25) is 0 Å². The molecule has 0 amide bonds. The number of rotatable bonds is 3. The van der Waals surface area contributed by atoms with Crippen LogP contribution in [0.25, 0.3) is 0 Å². The van der Waals surface area contributed by atoms with E-state index in [2.05, 4.69) is 15.5 Å². The highest BCUT2D eigenvalue weighted by molar-refractivity contribution is 6.20. The summed E-state index contributed by atoms with van der Waals surface area (Å²) >= 11 is 6.14. The van der Waals surface area contributed by atoms with Gasteiger partial charge in [0.25, 0.3) is 0 Å². The SMILES string of the molecule is ClC1CCCC(CNc2cccnn2)C1. The summed E-state index contributed by atoms with van der Waals surface area (Å²) in [6.45, 7) is 0.960. The van der Waals surface area contributed by atoms with Crippen LogP contribution in [0.3, 0.4) is 0 Å². The monoisotopic (exact) mass is 225 g/mol. The molecule has 1 N–H and O–H groups in total. The molecule has 15 heavy (non-hydrogen) atoms. The molecule has 0 radical (unpaired) electrons. The Kier molecular flexibility index (Phi) is 3.78. The van der Waals surface area contributed by atoms with E-state index in [0.29, 0.717) is 11.3 Å². The van der Waals surface area contributed by atoms with Gasteiger partial charge >= 0.3 is 0 Å². The first-order chi connectivity index (χ1) is 7.34. The Labute approximate surface area is 95.2 Å². The fraction of sp³-hybridized carbons (Fsp3) is 0.636. The second-order valence-electron chi connectivity index (χ2n) is 4.12. The molecule has 4 heteroatoms. The molecule has 1 aliphatic carbocycles. The van der Waals surface area contributed by atoms with Gasteiger partial charge in [0.15, 0.2) is 0 Å². The van der Waals surface area contributed by atoms with Crippen molar-refractivity contribution in [3.05, 3.63) is 18.3 Å². The van der Waals surface area contributed by atoms with Crippen LogP contribution < -0.4 is 5.32 Å². The van der Waals surface area contributed by atoms with E-state index in [1.807, 2.05) is 12.1 Å². The van der Waals surface area contributed by atoms with Gasteiger partial charge in [-0.25, -0.2) is 0 Å². The van der Waals surface area contributed by atoms with E-state index in [4.69, 9.17) is 11.6 Å². The molecule has 2 unspecified atom stereocenters. The fourth-order valence-corrected chi connectivity index (χ4v) is 2.46. The molecule has 82 valence electrons. The lowest BCUT2D eigenvalue weighted by atomic mass is 9.89. The molecule has 0 spiro atoms. The van der Waals surface area contributed by atoms with Gasteiger partial charge in [0, 0.05) is 18.1 Å². The molecule has 2 rings (SSSR count). The topological polar surface area (TPSA) is 37.8 Å². The first-order valence-corrected chi connectivity index (χ1v) is 5.94. The average molecular weight is 226 g/mol. The number of anilines is 1.